The molecule has 4 rings (SSSR count). The van der Waals surface area contributed by atoms with Gasteiger partial charge in [-0.15, -0.1) is 0 Å². The number of aromatic nitrogens is 1. The third kappa shape index (κ3) is 2.92. The molecule has 1 saturated heterocycles. The molecule has 1 N–H and O–H groups in total. The van der Waals surface area contributed by atoms with Crippen LogP contribution in [0.25, 0.3) is 10.9 Å². The van der Waals surface area contributed by atoms with E-state index in [1.54, 1.807) is 7.11 Å². The summed E-state index contributed by atoms with van der Waals surface area (Å²) in [5, 5.41) is 1.15. The minimum atomic E-state index is -0.356. The van der Waals surface area contributed by atoms with E-state index in [9.17, 15) is 4.79 Å². The molecule has 27 heavy (non-hydrogen) atoms. The Balaban J connectivity index is 0.00000102. The maximum Gasteiger partial charge on any atom is 0.329 e. The lowest BCUT2D eigenvalue weighted by Crippen LogP contribution is -2.65. The number of carbonyl (C=O) groups is 1. The maximum absolute atomic E-state index is 12.9. The van der Waals surface area contributed by atoms with E-state index >= 15 is 0 Å². The minimum absolute atomic E-state index is 0.00807. The van der Waals surface area contributed by atoms with Crippen molar-refractivity contribution in [3.63, 3.8) is 0 Å². The second-order valence-electron chi connectivity index (χ2n) is 7.77. The summed E-state index contributed by atoms with van der Waals surface area (Å²) in [4.78, 5) is 18.7. The van der Waals surface area contributed by atoms with Crippen LogP contribution in [0, 0.1) is 0 Å². The number of aromatic amines is 1. The Kier molecular flexibility index (Phi) is 5.26. The maximum atomic E-state index is 12.9. The SMILES string of the molecule is CC.COc1ccc2[nH]c3c(c2c1)C(C)C1(C)CCN1C3C(=O)OC(C)C. The van der Waals surface area contributed by atoms with Gasteiger partial charge in [0.1, 0.15) is 11.8 Å². The first-order chi connectivity index (χ1) is 12.9. The molecule has 2 aromatic rings. The molecule has 148 valence electrons. The van der Waals surface area contributed by atoms with Crippen LogP contribution in [0.1, 0.15) is 71.2 Å². The monoisotopic (exact) mass is 372 g/mol. The fourth-order valence-electron chi connectivity index (χ4n) is 4.51. The lowest BCUT2D eigenvalue weighted by Gasteiger charge is -2.59. The van der Waals surface area contributed by atoms with Crippen molar-refractivity contribution in [3.05, 3.63) is 29.5 Å². The molecule has 0 aliphatic carbocycles. The Labute approximate surface area is 162 Å². The van der Waals surface area contributed by atoms with Crippen LogP contribution in [-0.2, 0) is 9.53 Å². The quantitative estimate of drug-likeness (QED) is 0.788. The molecule has 1 fully saturated rings. The number of methoxy groups -OCH3 is 1. The number of fused-ring (bicyclic) bond motifs is 4. The van der Waals surface area contributed by atoms with Crippen LogP contribution >= 0.6 is 0 Å². The second kappa shape index (κ2) is 7.19. The summed E-state index contributed by atoms with van der Waals surface area (Å²) in [6, 6.07) is 5.70. The summed E-state index contributed by atoms with van der Waals surface area (Å²) in [6.45, 7) is 13.3. The number of ether oxygens (including phenoxy) is 2. The number of nitrogens with one attached hydrogen (secondary N) is 1. The molecule has 3 unspecified atom stereocenters. The average Bonchev–Trinajstić information content (AvgIpc) is 3.01. The van der Waals surface area contributed by atoms with Crippen LogP contribution in [-0.4, -0.2) is 41.2 Å². The number of carbonyl (C=O) groups excluding carboxylic acids is 1. The van der Waals surface area contributed by atoms with E-state index in [0.717, 1.165) is 35.3 Å². The fourth-order valence-corrected chi connectivity index (χ4v) is 4.51. The Morgan fingerprint density at radius 3 is 2.59 bits per heavy atom. The van der Waals surface area contributed by atoms with Gasteiger partial charge >= 0.3 is 5.97 Å². The number of H-pyrrole nitrogens is 1. The molecule has 5 nitrogen and oxygen atoms in total. The topological polar surface area (TPSA) is 54.6 Å². The van der Waals surface area contributed by atoms with Crippen molar-refractivity contribution in [3.8, 4) is 5.75 Å². The zero-order valence-corrected chi connectivity index (χ0v) is 17.6. The number of hydrogen-bond acceptors (Lipinski definition) is 4. The van der Waals surface area contributed by atoms with Crippen LogP contribution in [0.3, 0.4) is 0 Å². The summed E-state index contributed by atoms with van der Waals surface area (Å²) in [6.07, 6.45) is 0.975. The molecule has 0 radical (unpaired) electrons. The number of rotatable bonds is 3. The zero-order valence-electron chi connectivity index (χ0n) is 17.6. The van der Waals surface area contributed by atoms with Crippen molar-refractivity contribution >= 4 is 16.9 Å². The van der Waals surface area contributed by atoms with Crippen molar-refractivity contribution in [1.29, 1.82) is 0 Å². The molecular formula is C22H32N2O3. The smallest absolute Gasteiger partial charge is 0.329 e. The highest BCUT2D eigenvalue weighted by molar-refractivity contribution is 5.90. The normalized spacial score (nSPS) is 26.5. The van der Waals surface area contributed by atoms with Crippen molar-refractivity contribution in [1.82, 2.24) is 9.88 Å². The first-order valence-corrected chi connectivity index (χ1v) is 10.0. The van der Waals surface area contributed by atoms with Crippen LogP contribution in [0.4, 0.5) is 0 Å². The van der Waals surface area contributed by atoms with Crippen molar-refractivity contribution < 1.29 is 14.3 Å². The summed E-state index contributed by atoms with van der Waals surface area (Å²) >= 11 is 0. The second-order valence-corrected chi connectivity index (χ2v) is 7.77. The van der Waals surface area contributed by atoms with Crippen LogP contribution < -0.4 is 4.74 Å². The molecule has 0 amide bonds. The van der Waals surface area contributed by atoms with Gasteiger partial charge in [-0.25, -0.2) is 4.79 Å². The summed E-state index contributed by atoms with van der Waals surface area (Å²) in [5.74, 6) is 1.01. The molecule has 3 atom stereocenters. The van der Waals surface area contributed by atoms with E-state index in [2.05, 4.69) is 29.8 Å². The van der Waals surface area contributed by atoms with Gasteiger partial charge in [-0.2, -0.15) is 0 Å². The Hall–Kier alpha value is -2.01. The van der Waals surface area contributed by atoms with E-state index in [-0.39, 0.29) is 23.7 Å². The van der Waals surface area contributed by atoms with Gasteiger partial charge in [-0.3, -0.25) is 4.90 Å². The zero-order chi connectivity index (χ0) is 19.9. The van der Waals surface area contributed by atoms with Gasteiger partial charge in [0.2, 0.25) is 0 Å². The summed E-state index contributed by atoms with van der Waals surface area (Å²) in [5.41, 5.74) is 3.26. The summed E-state index contributed by atoms with van der Waals surface area (Å²) < 4.78 is 11.0. The highest BCUT2D eigenvalue weighted by Gasteiger charge is 2.56. The number of hydrogen-bond donors (Lipinski definition) is 1. The van der Waals surface area contributed by atoms with Crippen molar-refractivity contribution in [2.45, 2.75) is 71.6 Å². The average molecular weight is 373 g/mol. The number of esters is 1. The molecule has 0 saturated carbocycles. The molecule has 3 heterocycles. The predicted molar refractivity (Wildman–Crippen MR) is 108 cm³/mol. The van der Waals surface area contributed by atoms with Gasteiger partial charge in [0.25, 0.3) is 0 Å². The molecule has 2 aliphatic rings. The number of nitrogens with zero attached hydrogens (tertiary/aromatic N) is 1. The lowest BCUT2D eigenvalue weighted by molar-refractivity contribution is -0.166. The highest BCUT2D eigenvalue weighted by Crippen LogP contribution is 2.55. The van der Waals surface area contributed by atoms with Crippen LogP contribution in [0.15, 0.2) is 18.2 Å². The minimum Gasteiger partial charge on any atom is -0.497 e. The first-order valence-electron chi connectivity index (χ1n) is 10.0. The van der Waals surface area contributed by atoms with Gasteiger partial charge in [0.05, 0.1) is 13.2 Å². The predicted octanol–water partition coefficient (Wildman–Crippen LogP) is 4.78. The van der Waals surface area contributed by atoms with E-state index < -0.39 is 0 Å². The summed E-state index contributed by atoms with van der Waals surface area (Å²) in [7, 11) is 1.68. The Morgan fingerprint density at radius 2 is 2.04 bits per heavy atom. The van der Waals surface area contributed by atoms with Gasteiger partial charge in [0.15, 0.2) is 0 Å². The largest absolute Gasteiger partial charge is 0.497 e. The van der Waals surface area contributed by atoms with E-state index in [0.29, 0.717) is 5.92 Å². The van der Waals surface area contributed by atoms with Crippen molar-refractivity contribution in [2.75, 3.05) is 13.7 Å². The first kappa shape index (κ1) is 19.7. The standard InChI is InChI=1S/C20H26N2O3.C2H6/c1-11(2)25-19(23)18-17-16(12(3)20(4)8-9-22(18)20)14-10-13(24-5)6-7-15(14)21-17;1-2/h6-7,10-12,18,21H,8-9H2,1-5H3;1-2H3. The molecule has 5 heteroatoms. The van der Waals surface area contributed by atoms with Gasteiger partial charge in [-0.1, -0.05) is 20.8 Å². The Morgan fingerprint density at radius 1 is 1.33 bits per heavy atom. The molecular weight excluding hydrogens is 340 g/mol. The van der Waals surface area contributed by atoms with E-state index in [1.165, 1.54) is 5.56 Å². The van der Waals surface area contributed by atoms with Gasteiger partial charge in [0, 0.05) is 34.6 Å². The Bertz CT molecular complexity index is 841. The fraction of sp³-hybridized carbons (Fsp3) is 0.591. The van der Waals surface area contributed by atoms with E-state index in [1.807, 2.05) is 39.8 Å². The molecule has 0 spiro atoms. The molecule has 0 bridgehead atoms. The van der Waals surface area contributed by atoms with Crippen LogP contribution in [0.2, 0.25) is 0 Å². The molecule has 1 aromatic carbocycles. The molecule has 1 aromatic heterocycles. The van der Waals surface area contributed by atoms with Gasteiger partial charge < -0.3 is 14.5 Å². The molecule has 2 aliphatic heterocycles. The number of benzene rings is 1. The van der Waals surface area contributed by atoms with Gasteiger partial charge in [-0.05, 0) is 51.0 Å². The third-order valence-corrected chi connectivity index (χ3v) is 6.12. The lowest BCUT2D eigenvalue weighted by atomic mass is 9.67. The van der Waals surface area contributed by atoms with Crippen molar-refractivity contribution in [2.24, 2.45) is 0 Å². The van der Waals surface area contributed by atoms with Crippen LogP contribution in [0.5, 0.6) is 5.75 Å². The van der Waals surface area contributed by atoms with E-state index in [4.69, 9.17) is 9.47 Å². The highest BCUT2D eigenvalue weighted by atomic mass is 16.5. The third-order valence-electron chi connectivity index (χ3n) is 6.12.